The molecule has 3 aromatic heterocycles. The maximum Gasteiger partial charge on any atom is 0.335 e. The van der Waals surface area contributed by atoms with Gasteiger partial charge in [-0.05, 0) is 47.9 Å². The van der Waals surface area contributed by atoms with Gasteiger partial charge >= 0.3 is 5.97 Å². The molecule has 0 saturated heterocycles. The number of benzene rings is 2. The second kappa shape index (κ2) is 9.53. The number of aryl methyl sites for hydroxylation is 2. The Morgan fingerprint density at radius 2 is 1.68 bits per heavy atom. The van der Waals surface area contributed by atoms with Gasteiger partial charge in [-0.25, -0.2) is 19.7 Å². The van der Waals surface area contributed by atoms with E-state index >= 15 is 0 Å². The summed E-state index contributed by atoms with van der Waals surface area (Å²) in [5, 5.41) is 14.8. The zero-order chi connectivity index (χ0) is 26.1. The lowest BCUT2D eigenvalue weighted by molar-refractivity contribution is 0.0695. The minimum absolute atomic E-state index is 0.0677. The highest BCUT2D eigenvalue weighted by Crippen LogP contribution is 2.17. The van der Waals surface area contributed by atoms with Gasteiger partial charge in [0.05, 0.1) is 11.8 Å². The molecule has 0 fully saturated rings. The van der Waals surface area contributed by atoms with Crippen molar-refractivity contribution in [3.05, 3.63) is 94.5 Å². The number of carboxylic acids is 1. The number of hydrogen-bond acceptors (Lipinski definition) is 7. The molecule has 5 aromatic rings. The molecule has 0 aliphatic carbocycles. The Kier molecular flexibility index (Phi) is 6.10. The molecule has 0 radical (unpaired) electrons. The Bertz CT molecular complexity index is 1690. The fourth-order valence-electron chi connectivity index (χ4n) is 4.02. The van der Waals surface area contributed by atoms with Crippen molar-refractivity contribution in [1.29, 1.82) is 0 Å². The first-order valence-electron chi connectivity index (χ1n) is 11.4. The van der Waals surface area contributed by atoms with Crippen LogP contribution in [0.4, 0.5) is 0 Å². The summed E-state index contributed by atoms with van der Waals surface area (Å²) in [6.45, 7) is 3.87. The largest absolute Gasteiger partial charge is 0.478 e. The van der Waals surface area contributed by atoms with Gasteiger partial charge in [0.15, 0.2) is 17.1 Å². The van der Waals surface area contributed by atoms with Gasteiger partial charge in [-0.15, -0.1) is 0 Å². The molecule has 37 heavy (non-hydrogen) atoms. The Hall–Kier alpha value is -5.06. The maximum absolute atomic E-state index is 13.0. The van der Waals surface area contributed by atoms with Crippen LogP contribution in [0.3, 0.4) is 0 Å². The Morgan fingerprint density at radius 1 is 0.946 bits per heavy atom. The molecule has 11 nitrogen and oxygen atoms in total. The molecule has 3 heterocycles. The van der Waals surface area contributed by atoms with E-state index in [0.29, 0.717) is 28.2 Å². The lowest BCUT2D eigenvalue weighted by atomic mass is 10.1. The van der Waals surface area contributed by atoms with Gasteiger partial charge < -0.3 is 20.2 Å². The summed E-state index contributed by atoms with van der Waals surface area (Å²) in [4.78, 5) is 49.9. The van der Waals surface area contributed by atoms with Crippen LogP contribution >= 0.6 is 0 Å². The van der Waals surface area contributed by atoms with E-state index in [-0.39, 0.29) is 30.0 Å². The van der Waals surface area contributed by atoms with Crippen LogP contribution in [0.1, 0.15) is 53.9 Å². The van der Waals surface area contributed by atoms with E-state index in [9.17, 15) is 19.5 Å². The molecule has 5 rings (SSSR count). The first-order chi connectivity index (χ1) is 17.8. The number of carbonyl (C=O) groups is 3. The van der Waals surface area contributed by atoms with Crippen LogP contribution in [-0.2, 0) is 13.1 Å². The SMILES string of the molecule is Cc1nc2cc(CNC(=O)c3cc(C(=O)NCc4ccc(C(=O)O)c(C)c4)n4cncc4n3)ccc2o1. The van der Waals surface area contributed by atoms with Crippen LogP contribution in [0.15, 0.2) is 59.4 Å². The quantitative estimate of drug-likeness (QED) is 0.310. The predicted octanol–water partition coefficient (Wildman–Crippen LogP) is 3.05. The first kappa shape index (κ1) is 23.7. The highest BCUT2D eigenvalue weighted by Gasteiger charge is 2.17. The number of oxazole rings is 1. The van der Waals surface area contributed by atoms with E-state index in [2.05, 4.69) is 25.6 Å². The predicted molar refractivity (Wildman–Crippen MR) is 132 cm³/mol. The van der Waals surface area contributed by atoms with Crippen molar-refractivity contribution in [2.24, 2.45) is 0 Å². The normalized spacial score (nSPS) is 11.1. The number of nitrogens with zero attached hydrogens (tertiary/aromatic N) is 4. The molecule has 186 valence electrons. The van der Waals surface area contributed by atoms with Gasteiger partial charge in [-0.2, -0.15) is 0 Å². The maximum atomic E-state index is 13.0. The molecule has 3 N–H and O–H groups in total. The van der Waals surface area contributed by atoms with Gasteiger partial charge in [0.25, 0.3) is 11.8 Å². The summed E-state index contributed by atoms with van der Waals surface area (Å²) >= 11 is 0. The number of aromatic nitrogens is 4. The number of carbonyl (C=O) groups excluding carboxylic acids is 2. The molecule has 2 amide bonds. The summed E-state index contributed by atoms with van der Waals surface area (Å²) in [6.07, 6.45) is 2.90. The van der Waals surface area contributed by atoms with E-state index in [4.69, 9.17) is 4.42 Å². The molecule has 11 heteroatoms. The highest BCUT2D eigenvalue weighted by atomic mass is 16.4. The van der Waals surface area contributed by atoms with Gasteiger partial charge in [0, 0.05) is 20.0 Å². The van der Waals surface area contributed by atoms with Crippen molar-refractivity contribution < 1.29 is 23.9 Å². The number of nitrogens with one attached hydrogen (secondary N) is 2. The van der Waals surface area contributed by atoms with E-state index < -0.39 is 17.8 Å². The van der Waals surface area contributed by atoms with Crippen LogP contribution in [0.25, 0.3) is 16.7 Å². The molecule has 0 bridgehead atoms. The Labute approximate surface area is 210 Å². The van der Waals surface area contributed by atoms with Crippen LogP contribution in [0.5, 0.6) is 0 Å². The summed E-state index contributed by atoms with van der Waals surface area (Å²) < 4.78 is 6.97. The average Bonchev–Trinajstić information content (AvgIpc) is 3.50. The second-order valence-corrected chi connectivity index (χ2v) is 8.50. The summed E-state index contributed by atoms with van der Waals surface area (Å²) in [5.41, 5.74) is 4.35. The van der Waals surface area contributed by atoms with Crippen molar-refractivity contribution >= 4 is 34.5 Å². The van der Waals surface area contributed by atoms with Crippen molar-refractivity contribution in [3.63, 3.8) is 0 Å². The third kappa shape index (κ3) is 4.87. The van der Waals surface area contributed by atoms with Crippen LogP contribution < -0.4 is 10.6 Å². The fraction of sp³-hybridized carbons (Fsp3) is 0.154. The summed E-state index contributed by atoms with van der Waals surface area (Å²) in [5.74, 6) is -1.33. The van der Waals surface area contributed by atoms with Crippen molar-refractivity contribution in [3.8, 4) is 0 Å². The zero-order valence-electron chi connectivity index (χ0n) is 20.0. The second-order valence-electron chi connectivity index (χ2n) is 8.50. The molecule has 0 saturated carbocycles. The molecule has 0 atom stereocenters. The third-order valence-electron chi connectivity index (χ3n) is 5.84. The lowest BCUT2D eigenvalue weighted by Crippen LogP contribution is -2.28. The Balaban J connectivity index is 1.32. The van der Waals surface area contributed by atoms with E-state index in [1.807, 2.05) is 12.1 Å². The summed E-state index contributed by atoms with van der Waals surface area (Å²) in [6, 6.07) is 11.7. The van der Waals surface area contributed by atoms with Crippen LogP contribution in [-0.4, -0.2) is 42.2 Å². The lowest BCUT2D eigenvalue weighted by Gasteiger charge is -2.11. The monoisotopic (exact) mass is 498 g/mol. The average molecular weight is 498 g/mol. The molecule has 0 aliphatic rings. The topological polar surface area (TPSA) is 152 Å². The number of rotatable bonds is 7. The highest BCUT2D eigenvalue weighted by molar-refractivity contribution is 5.98. The molecule has 0 aliphatic heterocycles. The Morgan fingerprint density at radius 3 is 2.43 bits per heavy atom. The first-order valence-corrected chi connectivity index (χ1v) is 11.4. The smallest absolute Gasteiger partial charge is 0.335 e. The summed E-state index contributed by atoms with van der Waals surface area (Å²) in [7, 11) is 0. The standard InChI is InChI=1S/C26H22N6O5/c1-14-7-16(3-5-18(14)26(35)36)10-29-25(34)21-9-20(31-23-12-27-13-32(21)23)24(33)28-11-17-4-6-22-19(8-17)30-15(2)37-22/h3-9,12-13H,10-11H2,1-2H3,(H,28,33)(H,29,34)(H,35,36). The van der Waals surface area contributed by atoms with Crippen LogP contribution in [0.2, 0.25) is 0 Å². The number of hydrogen-bond donors (Lipinski definition) is 3. The van der Waals surface area contributed by atoms with Gasteiger partial charge in [-0.3, -0.25) is 14.0 Å². The minimum atomic E-state index is -1.01. The zero-order valence-corrected chi connectivity index (χ0v) is 20.0. The van der Waals surface area contributed by atoms with E-state index in [0.717, 1.165) is 11.1 Å². The van der Waals surface area contributed by atoms with E-state index in [1.54, 1.807) is 32.0 Å². The van der Waals surface area contributed by atoms with Gasteiger partial charge in [0.1, 0.15) is 23.2 Å². The molecular weight excluding hydrogens is 476 g/mol. The van der Waals surface area contributed by atoms with Crippen molar-refractivity contribution in [2.45, 2.75) is 26.9 Å². The molecule has 2 aromatic carbocycles. The van der Waals surface area contributed by atoms with E-state index in [1.165, 1.54) is 29.1 Å². The molecule has 0 unspecified atom stereocenters. The van der Waals surface area contributed by atoms with Gasteiger partial charge in [0.2, 0.25) is 0 Å². The number of carboxylic acid groups (broad SMARTS) is 1. The van der Waals surface area contributed by atoms with Crippen LogP contribution in [0, 0.1) is 13.8 Å². The molecule has 0 spiro atoms. The number of amides is 2. The molecular formula is C26H22N6O5. The van der Waals surface area contributed by atoms with Gasteiger partial charge in [-0.1, -0.05) is 18.2 Å². The number of imidazole rings is 1. The minimum Gasteiger partial charge on any atom is -0.478 e. The third-order valence-corrected chi connectivity index (χ3v) is 5.84. The number of fused-ring (bicyclic) bond motifs is 2. The fourth-order valence-corrected chi connectivity index (χ4v) is 4.02. The number of aromatic carboxylic acids is 1. The van der Waals surface area contributed by atoms with Crippen molar-refractivity contribution in [1.82, 2.24) is 30.0 Å². The van der Waals surface area contributed by atoms with Crippen molar-refractivity contribution in [2.75, 3.05) is 0 Å².